The van der Waals surface area contributed by atoms with Crippen molar-refractivity contribution in [3.8, 4) is 0 Å². The summed E-state index contributed by atoms with van der Waals surface area (Å²) in [7, 11) is 1.30. The van der Waals surface area contributed by atoms with Crippen LogP contribution in [0.3, 0.4) is 0 Å². The Morgan fingerprint density at radius 3 is 2.05 bits per heavy atom. The number of thioether (sulfide) groups is 2. The van der Waals surface area contributed by atoms with Crippen LogP contribution in [0.15, 0.2) is 47.9 Å². The molecular weight excluding hydrogens is 545 g/mol. The topological polar surface area (TPSA) is 97.4 Å². The summed E-state index contributed by atoms with van der Waals surface area (Å²) in [5.74, 6) is 0.831. The van der Waals surface area contributed by atoms with E-state index in [1.165, 1.54) is 0 Å². The lowest BCUT2D eigenvalue weighted by Gasteiger charge is -2.31. The Labute approximate surface area is 236 Å². The van der Waals surface area contributed by atoms with Gasteiger partial charge in [-0.2, -0.15) is 11.8 Å². The van der Waals surface area contributed by atoms with Crippen molar-refractivity contribution in [1.29, 1.82) is 0 Å². The van der Waals surface area contributed by atoms with Crippen LogP contribution in [-0.2, 0) is 37.4 Å². The molecule has 0 aliphatic rings. The van der Waals surface area contributed by atoms with Gasteiger partial charge in [0.1, 0.15) is 19.8 Å². The minimum atomic E-state index is -2.06. The van der Waals surface area contributed by atoms with E-state index in [1.54, 1.807) is 37.7 Å². The van der Waals surface area contributed by atoms with E-state index in [1.807, 2.05) is 43.8 Å². The van der Waals surface area contributed by atoms with Gasteiger partial charge in [0.2, 0.25) is 0 Å². The first kappa shape index (κ1) is 34.2. The molecule has 0 aliphatic carbocycles. The molecule has 11 heteroatoms. The minimum absolute atomic E-state index is 0.0187. The maximum atomic E-state index is 12.4. The second kappa shape index (κ2) is 19.3. The van der Waals surface area contributed by atoms with Gasteiger partial charge in [-0.25, -0.2) is 4.79 Å². The van der Waals surface area contributed by atoms with Crippen LogP contribution in [0.25, 0.3) is 0 Å². The van der Waals surface area contributed by atoms with Crippen LogP contribution < -0.4 is 0 Å². The molecule has 0 spiro atoms. The Morgan fingerprint density at radius 2 is 1.50 bits per heavy atom. The van der Waals surface area contributed by atoms with Crippen molar-refractivity contribution in [3.63, 3.8) is 0 Å². The van der Waals surface area contributed by atoms with Crippen molar-refractivity contribution in [1.82, 2.24) is 0 Å². The zero-order valence-corrected chi connectivity index (χ0v) is 25.7. The number of benzene rings is 1. The van der Waals surface area contributed by atoms with Gasteiger partial charge >= 0.3 is 26.5 Å². The molecule has 214 valence electrons. The summed E-state index contributed by atoms with van der Waals surface area (Å²) in [4.78, 5) is 37.5. The van der Waals surface area contributed by atoms with Crippen molar-refractivity contribution in [3.05, 3.63) is 43.0 Å². The van der Waals surface area contributed by atoms with Crippen molar-refractivity contribution in [2.75, 3.05) is 51.3 Å². The fraction of sp³-hybridized carbons (Fsp3) is 0.593. The van der Waals surface area contributed by atoms with Crippen molar-refractivity contribution in [2.24, 2.45) is 5.41 Å². The summed E-state index contributed by atoms with van der Waals surface area (Å²) in [6.07, 6.45) is 3.00. The fourth-order valence-corrected chi connectivity index (χ4v) is 6.50. The fourth-order valence-electron chi connectivity index (χ4n) is 3.14. The summed E-state index contributed by atoms with van der Waals surface area (Å²) in [6, 6.07) is 10.7. The Morgan fingerprint density at radius 1 is 0.921 bits per heavy atom. The molecular formula is C27H42O8S2Si. The molecule has 0 saturated heterocycles. The average Bonchev–Trinajstić information content (AvgIpc) is 2.94. The standard InChI is InChI=1S/C27H42O8S2Si/c1-6-24(28)33-20-27(7-2,22-35-26(30)15-18-37-23-12-9-8-10-13-23)21-34-25(29)14-17-36-16-11-19-38(5,31-3)32-4/h6,8-10,12-13H,1,7,11,14-22H2,2-5H3. The van der Waals surface area contributed by atoms with Gasteiger partial charge in [-0.1, -0.05) is 31.7 Å². The highest BCUT2D eigenvalue weighted by Crippen LogP contribution is 2.26. The van der Waals surface area contributed by atoms with Gasteiger partial charge in [-0.05, 0) is 43.3 Å². The Balaban J connectivity index is 2.49. The van der Waals surface area contributed by atoms with E-state index in [9.17, 15) is 14.4 Å². The van der Waals surface area contributed by atoms with Gasteiger partial charge < -0.3 is 23.1 Å². The molecule has 1 atom stereocenters. The second-order valence-corrected chi connectivity index (χ2v) is 14.9. The van der Waals surface area contributed by atoms with Crippen molar-refractivity contribution >= 4 is 50.0 Å². The molecule has 1 aromatic rings. The van der Waals surface area contributed by atoms with Crippen molar-refractivity contribution < 1.29 is 37.4 Å². The lowest BCUT2D eigenvalue weighted by atomic mass is 9.88. The monoisotopic (exact) mass is 586 g/mol. The van der Waals surface area contributed by atoms with E-state index in [-0.39, 0.29) is 44.6 Å². The molecule has 8 nitrogen and oxygen atoms in total. The zero-order valence-electron chi connectivity index (χ0n) is 23.0. The number of carbonyl (C=O) groups excluding carboxylic acids is 3. The quantitative estimate of drug-likeness (QED) is 0.0474. The molecule has 0 amide bonds. The van der Waals surface area contributed by atoms with Crippen LogP contribution in [0.4, 0.5) is 0 Å². The summed E-state index contributed by atoms with van der Waals surface area (Å²) in [6.45, 7) is 7.23. The lowest BCUT2D eigenvalue weighted by Crippen LogP contribution is -2.39. The van der Waals surface area contributed by atoms with Gasteiger partial charge in [0.25, 0.3) is 0 Å². The molecule has 1 rings (SSSR count). The highest BCUT2D eigenvalue weighted by Gasteiger charge is 2.34. The summed E-state index contributed by atoms with van der Waals surface area (Å²) < 4.78 is 27.3. The molecule has 0 fully saturated rings. The number of rotatable bonds is 21. The van der Waals surface area contributed by atoms with E-state index in [0.29, 0.717) is 17.9 Å². The predicted molar refractivity (Wildman–Crippen MR) is 155 cm³/mol. The first-order valence-corrected chi connectivity index (χ1v) is 17.3. The van der Waals surface area contributed by atoms with Crippen LogP contribution in [0.2, 0.25) is 12.6 Å². The molecule has 0 radical (unpaired) electrons. The molecule has 0 aromatic heterocycles. The molecule has 0 saturated carbocycles. The van der Waals surface area contributed by atoms with Crippen LogP contribution in [0.1, 0.15) is 32.6 Å². The largest absolute Gasteiger partial charge is 0.465 e. The number of hydrogen-bond donors (Lipinski definition) is 0. The highest BCUT2D eigenvalue weighted by atomic mass is 32.2. The Kier molecular flexibility index (Phi) is 17.4. The molecule has 38 heavy (non-hydrogen) atoms. The van der Waals surface area contributed by atoms with Crippen molar-refractivity contribution in [2.45, 2.75) is 50.1 Å². The third kappa shape index (κ3) is 14.4. The van der Waals surface area contributed by atoms with Gasteiger partial charge in [-0.15, -0.1) is 11.8 Å². The number of ether oxygens (including phenoxy) is 3. The first-order chi connectivity index (χ1) is 18.2. The first-order valence-electron chi connectivity index (χ1n) is 12.7. The number of hydrogen-bond acceptors (Lipinski definition) is 10. The van der Waals surface area contributed by atoms with E-state index >= 15 is 0 Å². The molecule has 0 N–H and O–H groups in total. The maximum Gasteiger partial charge on any atom is 0.334 e. The third-order valence-corrected chi connectivity index (χ3v) is 11.1. The van der Waals surface area contributed by atoms with E-state index in [4.69, 9.17) is 23.1 Å². The normalized spacial score (nSPS) is 12.8. The molecule has 0 aliphatic heterocycles. The van der Waals surface area contributed by atoms with Crippen LogP contribution in [0, 0.1) is 5.41 Å². The number of carbonyl (C=O) groups is 3. The van der Waals surface area contributed by atoms with Crippen LogP contribution in [0.5, 0.6) is 0 Å². The average molecular weight is 587 g/mol. The van der Waals surface area contributed by atoms with E-state index in [2.05, 4.69) is 6.58 Å². The smallest absolute Gasteiger partial charge is 0.334 e. The summed E-state index contributed by atoms with van der Waals surface area (Å²) >= 11 is 3.25. The van der Waals surface area contributed by atoms with Gasteiger partial charge in [0, 0.05) is 36.7 Å². The third-order valence-electron chi connectivity index (χ3n) is 6.07. The molecule has 1 unspecified atom stereocenters. The summed E-state index contributed by atoms with van der Waals surface area (Å²) in [5, 5.41) is 0. The van der Waals surface area contributed by atoms with Crippen LogP contribution >= 0.6 is 23.5 Å². The van der Waals surface area contributed by atoms with Gasteiger partial charge in [0.05, 0.1) is 18.3 Å². The SMILES string of the molecule is C=CC(=O)OCC(CC)(COC(=O)CCSCCC[Si](C)(OC)OC)COC(=O)CCSc1ccccc1. The second-order valence-electron chi connectivity index (χ2n) is 8.91. The Bertz CT molecular complexity index is 851. The van der Waals surface area contributed by atoms with Gasteiger partial charge in [-0.3, -0.25) is 9.59 Å². The van der Waals surface area contributed by atoms with Crippen LogP contribution in [-0.4, -0.2) is 77.8 Å². The number of esters is 3. The molecule has 0 heterocycles. The van der Waals surface area contributed by atoms with E-state index in [0.717, 1.165) is 29.2 Å². The van der Waals surface area contributed by atoms with Gasteiger partial charge in [0.15, 0.2) is 0 Å². The Hall–Kier alpha value is -1.79. The maximum absolute atomic E-state index is 12.4. The highest BCUT2D eigenvalue weighted by molar-refractivity contribution is 7.99. The lowest BCUT2D eigenvalue weighted by molar-refractivity contribution is -0.160. The molecule has 0 bridgehead atoms. The predicted octanol–water partition coefficient (Wildman–Crippen LogP) is 5.26. The summed E-state index contributed by atoms with van der Waals surface area (Å²) in [5.41, 5.74) is -0.834. The molecule has 1 aromatic carbocycles. The zero-order chi connectivity index (χ0) is 28.3. The van der Waals surface area contributed by atoms with E-state index < -0.39 is 19.9 Å². The minimum Gasteiger partial charge on any atom is -0.465 e.